The molecule has 0 aliphatic heterocycles. The van der Waals surface area contributed by atoms with E-state index in [1.807, 2.05) is 49.4 Å². The lowest BCUT2D eigenvalue weighted by molar-refractivity contribution is 0.275. The second-order valence-electron chi connectivity index (χ2n) is 7.74. The highest BCUT2D eigenvalue weighted by Crippen LogP contribution is 2.31. The van der Waals surface area contributed by atoms with E-state index >= 15 is 0 Å². The minimum Gasteiger partial charge on any atom is -0.392 e. The van der Waals surface area contributed by atoms with Gasteiger partial charge < -0.3 is 10.1 Å². The maximum atomic E-state index is 13.8. The summed E-state index contributed by atoms with van der Waals surface area (Å²) in [6.07, 6.45) is 2.25. The Labute approximate surface area is 184 Å². The van der Waals surface area contributed by atoms with Crippen LogP contribution in [0.4, 0.5) is 4.39 Å². The molecule has 0 aliphatic rings. The van der Waals surface area contributed by atoms with Gasteiger partial charge in [-0.15, -0.1) is 0 Å². The van der Waals surface area contributed by atoms with Gasteiger partial charge in [0.25, 0.3) is 0 Å². The van der Waals surface area contributed by atoms with Crippen LogP contribution >= 0.6 is 0 Å². The van der Waals surface area contributed by atoms with Crippen molar-refractivity contribution in [2.75, 3.05) is 0 Å². The van der Waals surface area contributed by atoms with Gasteiger partial charge in [0.05, 0.1) is 29.2 Å². The first-order valence-electron chi connectivity index (χ1n) is 10.4. The van der Waals surface area contributed by atoms with Gasteiger partial charge in [-0.05, 0) is 48.9 Å². The molecule has 0 atom stereocenters. The van der Waals surface area contributed by atoms with E-state index < -0.39 is 5.82 Å². The van der Waals surface area contributed by atoms with E-state index in [0.717, 1.165) is 50.6 Å². The number of nitrogens with one attached hydrogen (secondary N) is 1. The first-order chi connectivity index (χ1) is 15.6. The highest BCUT2D eigenvalue weighted by Gasteiger charge is 2.17. The molecular formula is C26H21FN4O. The number of hydrogen-bond donors (Lipinski definition) is 2. The monoisotopic (exact) mass is 424 g/mol. The number of aryl methyl sites for hydroxylation is 1. The van der Waals surface area contributed by atoms with Crippen molar-refractivity contribution in [1.29, 1.82) is 0 Å². The summed E-state index contributed by atoms with van der Waals surface area (Å²) in [7, 11) is 0. The number of aromatic amines is 1. The average Bonchev–Trinajstić information content (AvgIpc) is 3.24. The summed E-state index contributed by atoms with van der Waals surface area (Å²) in [4.78, 5) is 17.4. The molecule has 3 aromatic heterocycles. The number of aromatic nitrogens is 4. The zero-order valence-electron chi connectivity index (χ0n) is 17.5. The van der Waals surface area contributed by atoms with E-state index in [0.29, 0.717) is 6.42 Å². The van der Waals surface area contributed by atoms with Gasteiger partial charge in [-0.2, -0.15) is 0 Å². The molecular weight excluding hydrogens is 403 g/mol. The first-order valence-corrected chi connectivity index (χ1v) is 10.4. The zero-order chi connectivity index (χ0) is 22.1. The van der Waals surface area contributed by atoms with Crippen LogP contribution in [0.15, 0.2) is 72.9 Å². The predicted octanol–water partition coefficient (Wildman–Crippen LogP) is 5.22. The Morgan fingerprint density at radius 2 is 1.88 bits per heavy atom. The van der Waals surface area contributed by atoms with Gasteiger partial charge in [-0.1, -0.05) is 30.3 Å². The Morgan fingerprint density at radius 1 is 0.969 bits per heavy atom. The van der Waals surface area contributed by atoms with Crippen LogP contribution in [0.1, 0.15) is 22.6 Å². The number of pyridine rings is 2. The summed E-state index contributed by atoms with van der Waals surface area (Å²) in [6.45, 7) is 1.61. The molecule has 0 bridgehead atoms. The summed E-state index contributed by atoms with van der Waals surface area (Å²) < 4.78 is 13.8. The van der Waals surface area contributed by atoms with Crippen molar-refractivity contribution in [2.24, 2.45) is 0 Å². The fourth-order valence-electron chi connectivity index (χ4n) is 3.86. The lowest BCUT2D eigenvalue weighted by Gasteiger charge is -2.05. The number of imidazole rings is 1. The number of aliphatic hydroxyl groups excluding tert-OH is 1. The summed E-state index contributed by atoms with van der Waals surface area (Å²) in [5.41, 5.74) is 6.37. The van der Waals surface area contributed by atoms with Gasteiger partial charge in [0.2, 0.25) is 0 Å². The van der Waals surface area contributed by atoms with E-state index in [1.165, 1.54) is 6.07 Å². The molecule has 6 heteroatoms. The lowest BCUT2D eigenvalue weighted by Crippen LogP contribution is -1.96. The van der Waals surface area contributed by atoms with Crippen molar-refractivity contribution >= 4 is 10.9 Å². The van der Waals surface area contributed by atoms with Gasteiger partial charge in [-0.3, -0.25) is 9.97 Å². The second kappa shape index (κ2) is 8.32. The average molecular weight is 424 g/mol. The summed E-state index contributed by atoms with van der Waals surface area (Å²) in [5.74, 6) is 0.325. The molecule has 5 aromatic rings. The van der Waals surface area contributed by atoms with Crippen molar-refractivity contribution in [3.05, 3.63) is 101 Å². The molecule has 0 saturated carbocycles. The minimum atomic E-state index is -0.411. The lowest BCUT2D eigenvalue weighted by atomic mass is 10.1. The number of halogens is 1. The molecule has 0 saturated heterocycles. The molecule has 158 valence electrons. The fourth-order valence-corrected chi connectivity index (χ4v) is 3.86. The van der Waals surface area contributed by atoms with E-state index in [2.05, 4.69) is 21.0 Å². The van der Waals surface area contributed by atoms with Crippen LogP contribution in [0.25, 0.3) is 33.5 Å². The van der Waals surface area contributed by atoms with Crippen LogP contribution in [0, 0.1) is 12.7 Å². The quantitative estimate of drug-likeness (QED) is 0.406. The third-order valence-electron chi connectivity index (χ3n) is 5.43. The number of hydrogen-bond acceptors (Lipinski definition) is 4. The second-order valence-corrected chi connectivity index (χ2v) is 7.74. The highest BCUT2D eigenvalue weighted by atomic mass is 19.1. The smallest absolute Gasteiger partial charge is 0.128 e. The third kappa shape index (κ3) is 3.88. The Bertz CT molecular complexity index is 1430. The summed E-state index contributed by atoms with van der Waals surface area (Å²) >= 11 is 0. The maximum Gasteiger partial charge on any atom is 0.128 e. The largest absolute Gasteiger partial charge is 0.392 e. The van der Waals surface area contributed by atoms with Crippen LogP contribution in [0.5, 0.6) is 0 Å². The van der Waals surface area contributed by atoms with E-state index in [4.69, 9.17) is 4.98 Å². The van der Waals surface area contributed by atoms with E-state index in [9.17, 15) is 9.50 Å². The minimum absolute atomic E-state index is 0.275. The molecule has 0 amide bonds. The van der Waals surface area contributed by atoms with Crippen LogP contribution < -0.4 is 0 Å². The molecule has 0 spiro atoms. The molecule has 32 heavy (non-hydrogen) atoms. The highest BCUT2D eigenvalue weighted by molar-refractivity contribution is 5.86. The molecule has 2 N–H and O–H groups in total. The van der Waals surface area contributed by atoms with Crippen molar-refractivity contribution in [3.63, 3.8) is 0 Å². The molecule has 5 rings (SSSR count). The van der Waals surface area contributed by atoms with Crippen LogP contribution in [0.3, 0.4) is 0 Å². The Kier molecular flexibility index (Phi) is 5.21. The Hall–Kier alpha value is -3.90. The Morgan fingerprint density at radius 3 is 2.72 bits per heavy atom. The Balaban J connectivity index is 1.62. The SMILES string of the molecule is Cc1cccc(-c2[nH]c(Cc3ccc(F)c(CO)c3)nc2-c2ccc3ncccc3c2)n1. The normalized spacial score (nSPS) is 11.2. The molecule has 0 aliphatic carbocycles. The maximum absolute atomic E-state index is 13.8. The number of aliphatic hydroxyl groups is 1. The number of fused-ring (bicyclic) bond motifs is 1. The summed E-state index contributed by atoms with van der Waals surface area (Å²) in [6, 6.07) is 20.7. The first kappa shape index (κ1) is 20.0. The van der Waals surface area contributed by atoms with Gasteiger partial charge in [0, 0.05) is 34.8 Å². The third-order valence-corrected chi connectivity index (χ3v) is 5.43. The van der Waals surface area contributed by atoms with Crippen molar-refractivity contribution < 1.29 is 9.50 Å². The molecule has 3 heterocycles. The molecule has 0 fully saturated rings. The van der Waals surface area contributed by atoms with Gasteiger partial charge in [0.1, 0.15) is 11.6 Å². The molecule has 2 aromatic carbocycles. The van der Waals surface area contributed by atoms with Crippen molar-refractivity contribution in [2.45, 2.75) is 20.0 Å². The van der Waals surface area contributed by atoms with Crippen LogP contribution in [0.2, 0.25) is 0 Å². The molecule has 0 unspecified atom stereocenters. The molecule has 5 nitrogen and oxygen atoms in total. The van der Waals surface area contributed by atoms with Crippen LogP contribution in [-0.4, -0.2) is 25.0 Å². The van der Waals surface area contributed by atoms with Gasteiger partial charge in [0.15, 0.2) is 0 Å². The van der Waals surface area contributed by atoms with Gasteiger partial charge >= 0.3 is 0 Å². The van der Waals surface area contributed by atoms with Crippen molar-refractivity contribution in [3.8, 4) is 22.6 Å². The molecule has 0 radical (unpaired) electrons. The number of benzene rings is 2. The fraction of sp³-hybridized carbons (Fsp3) is 0.115. The van der Waals surface area contributed by atoms with E-state index in [-0.39, 0.29) is 12.2 Å². The van der Waals surface area contributed by atoms with Crippen molar-refractivity contribution in [1.82, 2.24) is 19.9 Å². The predicted molar refractivity (Wildman–Crippen MR) is 122 cm³/mol. The number of nitrogens with zero attached hydrogens (tertiary/aromatic N) is 3. The number of H-pyrrole nitrogens is 1. The van der Waals surface area contributed by atoms with E-state index in [1.54, 1.807) is 18.3 Å². The standard InChI is InChI=1S/C26H21FN4O/c1-16-4-2-6-23(29-16)26-25(19-8-10-22-18(14-19)5-3-11-28-22)30-24(31-26)13-17-7-9-21(27)20(12-17)15-32/h2-12,14,32H,13,15H2,1H3,(H,30,31). The number of rotatable bonds is 5. The van der Waals surface area contributed by atoms with Crippen LogP contribution in [-0.2, 0) is 13.0 Å². The topological polar surface area (TPSA) is 74.7 Å². The van der Waals surface area contributed by atoms with Gasteiger partial charge in [-0.25, -0.2) is 9.37 Å². The zero-order valence-corrected chi connectivity index (χ0v) is 17.5. The summed E-state index contributed by atoms with van der Waals surface area (Å²) in [5, 5.41) is 10.4.